The third-order valence-corrected chi connectivity index (χ3v) is 7.27. The van der Waals surface area contributed by atoms with E-state index in [1.54, 1.807) is 36.4 Å². The molecule has 6 nitrogen and oxygen atoms in total. The molecule has 0 radical (unpaired) electrons. The van der Waals surface area contributed by atoms with Crippen molar-refractivity contribution >= 4 is 33.2 Å². The first kappa shape index (κ1) is 22.7. The van der Waals surface area contributed by atoms with Gasteiger partial charge in [-0.3, -0.25) is 9.69 Å². The molecule has 1 amide bonds. The van der Waals surface area contributed by atoms with Gasteiger partial charge in [-0.25, -0.2) is 13.1 Å². The zero-order valence-electron chi connectivity index (χ0n) is 17.3. The third kappa shape index (κ3) is 5.82. The molecule has 162 valence electrons. The molecule has 0 bridgehead atoms. The van der Waals surface area contributed by atoms with Crippen LogP contribution >= 0.6 is 11.6 Å². The number of hydrogen-bond acceptors (Lipinski definition) is 4. The Balaban J connectivity index is 1.56. The molecule has 2 aromatic carbocycles. The number of benzene rings is 2. The summed E-state index contributed by atoms with van der Waals surface area (Å²) in [5, 5.41) is 3.38. The lowest BCUT2D eigenvalue weighted by atomic mass is 9.97. The highest BCUT2D eigenvalue weighted by Crippen LogP contribution is 2.23. The first-order valence-corrected chi connectivity index (χ1v) is 12.0. The number of halogens is 1. The van der Waals surface area contributed by atoms with Crippen molar-refractivity contribution in [2.75, 3.05) is 25.0 Å². The second kappa shape index (κ2) is 9.92. The summed E-state index contributed by atoms with van der Waals surface area (Å²) >= 11 is 6.13. The van der Waals surface area contributed by atoms with Crippen molar-refractivity contribution in [3.05, 3.63) is 59.1 Å². The summed E-state index contributed by atoms with van der Waals surface area (Å²) in [6, 6.07) is 13.6. The number of hydrogen-bond donors (Lipinski definition) is 2. The molecule has 2 atom stereocenters. The number of para-hydroxylation sites is 1. The lowest BCUT2D eigenvalue weighted by Crippen LogP contribution is -2.49. The standard InChI is InChI=1S/C22H28ClN3O3S/c1-16-9-11-19(12-10-16)30(28,29)24-14-18-6-5-13-26(15-18)17(2)22(27)25-21-8-4-3-7-20(21)23/h3-4,7-12,17-18,24H,5-6,13-15H2,1-2H3,(H,25,27). The van der Waals surface area contributed by atoms with E-state index in [0.29, 0.717) is 23.8 Å². The number of aryl methyl sites for hydroxylation is 1. The van der Waals surface area contributed by atoms with Gasteiger partial charge < -0.3 is 5.32 Å². The van der Waals surface area contributed by atoms with Gasteiger partial charge in [0.1, 0.15) is 0 Å². The van der Waals surface area contributed by atoms with Crippen LogP contribution in [0.25, 0.3) is 0 Å². The first-order chi connectivity index (χ1) is 14.3. The summed E-state index contributed by atoms with van der Waals surface area (Å²) in [6.07, 6.45) is 1.84. The average molecular weight is 450 g/mol. The second-order valence-corrected chi connectivity index (χ2v) is 9.99. The molecule has 1 aliphatic heterocycles. The predicted molar refractivity (Wildman–Crippen MR) is 120 cm³/mol. The number of amides is 1. The molecule has 1 fully saturated rings. The van der Waals surface area contributed by atoms with Crippen LogP contribution in [0.3, 0.4) is 0 Å². The molecule has 0 aromatic heterocycles. The highest BCUT2D eigenvalue weighted by atomic mass is 35.5. The fourth-order valence-corrected chi connectivity index (χ4v) is 4.91. The van der Waals surface area contributed by atoms with E-state index in [4.69, 9.17) is 11.6 Å². The van der Waals surface area contributed by atoms with E-state index in [-0.39, 0.29) is 22.8 Å². The number of carbonyl (C=O) groups is 1. The number of piperidine rings is 1. The number of likely N-dealkylation sites (tertiary alicyclic amines) is 1. The Morgan fingerprint density at radius 3 is 2.60 bits per heavy atom. The minimum atomic E-state index is -3.54. The molecule has 0 saturated carbocycles. The lowest BCUT2D eigenvalue weighted by molar-refractivity contribution is -0.121. The van der Waals surface area contributed by atoms with Crippen molar-refractivity contribution in [2.45, 2.75) is 37.6 Å². The number of nitrogens with zero attached hydrogens (tertiary/aromatic N) is 1. The number of carbonyl (C=O) groups excluding carboxylic acids is 1. The van der Waals surface area contributed by atoms with E-state index in [2.05, 4.69) is 14.9 Å². The average Bonchev–Trinajstić information content (AvgIpc) is 2.74. The number of sulfonamides is 1. The van der Waals surface area contributed by atoms with Crippen molar-refractivity contribution in [2.24, 2.45) is 5.92 Å². The minimum Gasteiger partial charge on any atom is -0.323 e. The molecule has 2 N–H and O–H groups in total. The van der Waals surface area contributed by atoms with E-state index in [1.807, 2.05) is 26.0 Å². The molecule has 0 spiro atoms. The minimum absolute atomic E-state index is 0.121. The summed E-state index contributed by atoms with van der Waals surface area (Å²) in [7, 11) is -3.54. The smallest absolute Gasteiger partial charge is 0.241 e. The van der Waals surface area contributed by atoms with Crippen LogP contribution in [0.5, 0.6) is 0 Å². The fourth-order valence-electron chi connectivity index (χ4n) is 3.61. The summed E-state index contributed by atoms with van der Waals surface area (Å²) < 4.78 is 27.8. The van der Waals surface area contributed by atoms with Crippen molar-refractivity contribution < 1.29 is 13.2 Å². The van der Waals surface area contributed by atoms with Crippen LogP contribution < -0.4 is 10.0 Å². The first-order valence-electron chi connectivity index (χ1n) is 10.1. The molecular formula is C22H28ClN3O3S. The van der Waals surface area contributed by atoms with Crippen molar-refractivity contribution in [1.29, 1.82) is 0 Å². The Bertz CT molecular complexity index is 979. The second-order valence-electron chi connectivity index (χ2n) is 7.81. The zero-order chi connectivity index (χ0) is 21.7. The van der Waals surface area contributed by atoms with Gasteiger partial charge in [-0.15, -0.1) is 0 Å². The van der Waals surface area contributed by atoms with E-state index < -0.39 is 10.0 Å². The Morgan fingerprint density at radius 2 is 1.90 bits per heavy atom. The Hall–Kier alpha value is -1.93. The maximum absolute atomic E-state index is 12.7. The quantitative estimate of drug-likeness (QED) is 0.676. The molecule has 30 heavy (non-hydrogen) atoms. The molecule has 3 rings (SSSR count). The van der Waals surface area contributed by atoms with Gasteiger partial charge in [0.15, 0.2) is 0 Å². The molecule has 2 unspecified atom stereocenters. The molecule has 2 aromatic rings. The van der Waals surface area contributed by atoms with E-state index in [1.165, 1.54) is 0 Å². The van der Waals surface area contributed by atoms with Crippen molar-refractivity contribution in [3.63, 3.8) is 0 Å². The van der Waals surface area contributed by atoms with Crippen LogP contribution in [-0.4, -0.2) is 44.9 Å². The zero-order valence-corrected chi connectivity index (χ0v) is 18.8. The van der Waals surface area contributed by atoms with Gasteiger partial charge in [0.25, 0.3) is 0 Å². The summed E-state index contributed by atoms with van der Waals surface area (Å²) in [6.45, 7) is 5.60. The highest BCUT2D eigenvalue weighted by Gasteiger charge is 2.28. The van der Waals surface area contributed by atoms with Crippen LogP contribution in [-0.2, 0) is 14.8 Å². The lowest BCUT2D eigenvalue weighted by Gasteiger charge is -2.36. The van der Waals surface area contributed by atoms with Gasteiger partial charge in [0.05, 0.1) is 21.6 Å². The Labute approximate surface area is 183 Å². The van der Waals surface area contributed by atoms with Crippen LogP contribution in [0.2, 0.25) is 5.02 Å². The van der Waals surface area contributed by atoms with Crippen LogP contribution in [0.15, 0.2) is 53.4 Å². The monoisotopic (exact) mass is 449 g/mol. The van der Waals surface area contributed by atoms with E-state index >= 15 is 0 Å². The molecule has 1 heterocycles. The number of anilines is 1. The topological polar surface area (TPSA) is 78.5 Å². The van der Waals surface area contributed by atoms with Crippen LogP contribution in [0, 0.1) is 12.8 Å². The molecule has 1 saturated heterocycles. The molecule has 1 aliphatic rings. The fraction of sp³-hybridized carbons (Fsp3) is 0.409. The summed E-state index contributed by atoms with van der Waals surface area (Å²) in [5.74, 6) is 0.0264. The Kier molecular flexibility index (Phi) is 7.52. The number of rotatable bonds is 7. The maximum atomic E-state index is 12.7. The maximum Gasteiger partial charge on any atom is 0.241 e. The predicted octanol–water partition coefficient (Wildman–Crippen LogP) is 3.67. The van der Waals surface area contributed by atoms with Crippen molar-refractivity contribution in [3.8, 4) is 0 Å². The van der Waals surface area contributed by atoms with Gasteiger partial charge in [-0.1, -0.05) is 41.4 Å². The number of nitrogens with one attached hydrogen (secondary N) is 2. The molecular weight excluding hydrogens is 422 g/mol. The molecule has 8 heteroatoms. The van der Waals surface area contributed by atoms with Gasteiger partial charge in [-0.2, -0.15) is 0 Å². The van der Waals surface area contributed by atoms with Gasteiger partial charge in [0, 0.05) is 13.1 Å². The Morgan fingerprint density at radius 1 is 1.20 bits per heavy atom. The van der Waals surface area contributed by atoms with E-state index in [0.717, 1.165) is 24.9 Å². The van der Waals surface area contributed by atoms with E-state index in [9.17, 15) is 13.2 Å². The summed E-state index contributed by atoms with van der Waals surface area (Å²) in [4.78, 5) is 15.0. The summed E-state index contributed by atoms with van der Waals surface area (Å²) in [5.41, 5.74) is 1.61. The van der Waals surface area contributed by atoms with Crippen LogP contribution in [0.4, 0.5) is 5.69 Å². The SMILES string of the molecule is Cc1ccc(S(=O)(=O)NCC2CCCN(C(C)C(=O)Nc3ccccc3Cl)C2)cc1. The van der Waals surface area contributed by atoms with Crippen molar-refractivity contribution in [1.82, 2.24) is 9.62 Å². The molecule has 0 aliphatic carbocycles. The van der Waals surface area contributed by atoms with Crippen LogP contribution in [0.1, 0.15) is 25.3 Å². The van der Waals surface area contributed by atoms with Gasteiger partial charge in [-0.05, 0) is 63.4 Å². The van der Waals surface area contributed by atoms with Gasteiger partial charge >= 0.3 is 0 Å². The largest absolute Gasteiger partial charge is 0.323 e. The normalized spacial score (nSPS) is 18.7. The van der Waals surface area contributed by atoms with Gasteiger partial charge in [0.2, 0.25) is 15.9 Å². The third-order valence-electron chi connectivity index (χ3n) is 5.50. The highest BCUT2D eigenvalue weighted by molar-refractivity contribution is 7.89.